The van der Waals surface area contributed by atoms with Crippen LogP contribution in [0.25, 0.3) is 16.9 Å². The predicted octanol–water partition coefficient (Wildman–Crippen LogP) is 4.62. The minimum atomic E-state index is -0.165. The Bertz CT molecular complexity index is 1160. The maximum absolute atomic E-state index is 13.0. The van der Waals surface area contributed by atoms with Gasteiger partial charge in [0.05, 0.1) is 36.7 Å². The first-order chi connectivity index (χ1) is 16.7. The van der Waals surface area contributed by atoms with Gasteiger partial charge in [-0.05, 0) is 49.9 Å². The molecule has 2 saturated heterocycles. The molecule has 8 heteroatoms. The lowest BCUT2D eigenvalue weighted by Crippen LogP contribution is -2.66. The van der Waals surface area contributed by atoms with E-state index in [2.05, 4.69) is 15.5 Å². The summed E-state index contributed by atoms with van der Waals surface area (Å²) in [7, 11) is 0. The van der Waals surface area contributed by atoms with Crippen molar-refractivity contribution in [2.75, 3.05) is 26.3 Å². The summed E-state index contributed by atoms with van der Waals surface area (Å²) in [4.78, 5) is 22.3. The maximum atomic E-state index is 13.0. The highest BCUT2D eigenvalue weighted by Gasteiger charge is 2.42. The summed E-state index contributed by atoms with van der Waals surface area (Å²) in [6, 6.07) is 13.9. The third kappa shape index (κ3) is 4.17. The molecule has 178 valence electrons. The smallest absolute Gasteiger partial charge is 0.410 e. The standard InChI is InChI=1S/C26H29ClN4O3/c27-19-10-8-18(9-11-19)25-23(30-12-4-3-7-24(30)28-25)15-29-13-20-16-33-17-21(14-29)31(20)26(32)34-22-5-1-2-6-22/h3-4,7-12,20-22H,1-2,5-6,13-17H2. The van der Waals surface area contributed by atoms with E-state index < -0.39 is 0 Å². The lowest BCUT2D eigenvalue weighted by molar-refractivity contribution is -0.0934. The van der Waals surface area contributed by atoms with Crippen LogP contribution in [0.4, 0.5) is 4.79 Å². The normalized spacial score (nSPS) is 23.5. The van der Waals surface area contributed by atoms with Gasteiger partial charge in [-0.2, -0.15) is 0 Å². The van der Waals surface area contributed by atoms with Gasteiger partial charge >= 0.3 is 6.09 Å². The number of piperazine rings is 1. The van der Waals surface area contributed by atoms with Crippen molar-refractivity contribution < 1.29 is 14.3 Å². The Morgan fingerprint density at radius 3 is 2.53 bits per heavy atom. The average molecular weight is 481 g/mol. The summed E-state index contributed by atoms with van der Waals surface area (Å²) in [5, 5.41) is 0.711. The van der Waals surface area contributed by atoms with Crippen molar-refractivity contribution >= 4 is 23.3 Å². The number of benzene rings is 1. The number of nitrogens with zero attached hydrogens (tertiary/aromatic N) is 4. The van der Waals surface area contributed by atoms with Gasteiger partial charge in [-0.3, -0.25) is 9.80 Å². The Balaban J connectivity index is 1.25. The molecule has 4 heterocycles. The zero-order valence-electron chi connectivity index (χ0n) is 19.1. The Kier molecular flexibility index (Phi) is 5.93. The van der Waals surface area contributed by atoms with Crippen LogP contribution in [0.3, 0.4) is 0 Å². The summed E-state index contributed by atoms with van der Waals surface area (Å²) >= 11 is 6.13. The van der Waals surface area contributed by atoms with Crippen LogP contribution in [-0.4, -0.2) is 69.8 Å². The highest BCUT2D eigenvalue weighted by Crippen LogP contribution is 2.30. The minimum absolute atomic E-state index is 0.000398. The molecule has 1 aromatic carbocycles. The van der Waals surface area contributed by atoms with Crippen LogP contribution in [-0.2, 0) is 16.0 Å². The number of amides is 1. The van der Waals surface area contributed by atoms with Crippen LogP contribution in [0.2, 0.25) is 5.02 Å². The van der Waals surface area contributed by atoms with Gasteiger partial charge in [0.25, 0.3) is 0 Å². The van der Waals surface area contributed by atoms with E-state index in [1.54, 1.807) is 0 Å². The van der Waals surface area contributed by atoms with Crippen LogP contribution in [0.15, 0.2) is 48.7 Å². The molecule has 0 spiro atoms. The summed E-state index contributed by atoms with van der Waals surface area (Å²) in [6.45, 7) is 3.32. The van der Waals surface area contributed by atoms with Gasteiger partial charge in [0.1, 0.15) is 11.8 Å². The van der Waals surface area contributed by atoms with E-state index >= 15 is 0 Å². The van der Waals surface area contributed by atoms with Gasteiger partial charge in [-0.1, -0.05) is 29.8 Å². The molecule has 2 aliphatic heterocycles. The summed E-state index contributed by atoms with van der Waals surface area (Å²) in [5.74, 6) is 0. The van der Waals surface area contributed by atoms with E-state index in [-0.39, 0.29) is 24.3 Å². The largest absolute Gasteiger partial charge is 0.446 e. The number of carbonyl (C=O) groups is 1. The second-order valence-corrected chi connectivity index (χ2v) is 10.0. The number of rotatable bonds is 4. The molecule has 0 radical (unpaired) electrons. The topological polar surface area (TPSA) is 59.3 Å². The SMILES string of the molecule is O=C(OC1CCCC1)N1C2COCC1CN(Cc1c(-c3ccc(Cl)cc3)nc3ccccn13)C2. The highest BCUT2D eigenvalue weighted by atomic mass is 35.5. The molecule has 3 fully saturated rings. The third-order valence-electron chi connectivity index (χ3n) is 7.25. The Labute approximate surface area is 204 Å². The van der Waals surface area contributed by atoms with Crippen LogP contribution in [0.1, 0.15) is 31.4 Å². The van der Waals surface area contributed by atoms with Crippen LogP contribution in [0.5, 0.6) is 0 Å². The zero-order valence-corrected chi connectivity index (χ0v) is 19.9. The molecule has 6 rings (SSSR count). The fraction of sp³-hybridized carbons (Fsp3) is 0.462. The average Bonchev–Trinajstić information content (AvgIpc) is 3.47. The number of halogens is 1. The number of carbonyl (C=O) groups excluding carboxylic acids is 1. The van der Waals surface area contributed by atoms with Crippen molar-refractivity contribution in [3.05, 3.63) is 59.4 Å². The molecule has 34 heavy (non-hydrogen) atoms. The molecule has 3 aromatic rings. The molecule has 1 amide bonds. The first kappa shape index (κ1) is 21.9. The monoisotopic (exact) mass is 480 g/mol. The van der Waals surface area contributed by atoms with Gasteiger partial charge in [0.15, 0.2) is 0 Å². The first-order valence-corrected chi connectivity index (χ1v) is 12.5. The van der Waals surface area contributed by atoms with Gasteiger partial charge in [-0.15, -0.1) is 0 Å². The molecule has 1 saturated carbocycles. The summed E-state index contributed by atoms with van der Waals surface area (Å²) in [6.07, 6.45) is 6.25. The number of imidazole rings is 1. The number of fused-ring (bicyclic) bond motifs is 3. The number of ether oxygens (including phenoxy) is 2. The van der Waals surface area contributed by atoms with Crippen molar-refractivity contribution in [2.45, 2.75) is 50.4 Å². The molecular formula is C26H29ClN4O3. The van der Waals surface area contributed by atoms with E-state index in [9.17, 15) is 4.79 Å². The van der Waals surface area contributed by atoms with Crippen LogP contribution in [0, 0.1) is 0 Å². The van der Waals surface area contributed by atoms with Crippen molar-refractivity contribution in [3.63, 3.8) is 0 Å². The van der Waals surface area contributed by atoms with E-state index in [1.807, 2.05) is 47.4 Å². The number of pyridine rings is 1. The second-order valence-electron chi connectivity index (χ2n) is 9.58. The van der Waals surface area contributed by atoms with E-state index in [0.29, 0.717) is 18.2 Å². The van der Waals surface area contributed by atoms with E-state index in [0.717, 1.165) is 67.9 Å². The van der Waals surface area contributed by atoms with Crippen molar-refractivity contribution in [2.24, 2.45) is 0 Å². The third-order valence-corrected chi connectivity index (χ3v) is 7.50. The molecule has 2 aromatic heterocycles. The number of aromatic nitrogens is 2. The Hall–Kier alpha value is -2.61. The molecule has 0 N–H and O–H groups in total. The lowest BCUT2D eigenvalue weighted by atomic mass is 10.0. The summed E-state index contributed by atoms with van der Waals surface area (Å²) in [5.41, 5.74) is 4.07. The van der Waals surface area contributed by atoms with Crippen LogP contribution < -0.4 is 0 Å². The van der Waals surface area contributed by atoms with E-state index in [4.69, 9.17) is 26.1 Å². The number of hydrogen-bond acceptors (Lipinski definition) is 5. The molecule has 2 bridgehead atoms. The van der Waals surface area contributed by atoms with Gasteiger partial charge < -0.3 is 13.9 Å². The van der Waals surface area contributed by atoms with Crippen molar-refractivity contribution in [1.29, 1.82) is 0 Å². The highest BCUT2D eigenvalue weighted by molar-refractivity contribution is 6.30. The van der Waals surface area contributed by atoms with Crippen molar-refractivity contribution in [1.82, 2.24) is 19.2 Å². The first-order valence-electron chi connectivity index (χ1n) is 12.2. The molecule has 2 atom stereocenters. The Morgan fingerprint density at radius 1 is 1.06 bits per heavy atom. The second kappa shape index (κ2) is 9.21. The number of hydrogen-bond donors (Lipinski definition) is 0. The van der Waals surface area contributed by atoms with Crippen LogP contribution >= 0.6 is 11.6 Å². The lowest BCUT2D eigenvalue weighted by Gasteiger charge is -2.49. The van der Waals surface area contributed by atoms with Gasteiger partial charge in [0.2, 0.25) is 0 Å². The molecular weight excluding hydrogens is 452 g/mol. The molecule has 1 aliphatic carbocycles. The maximum Gasteiger partial charge on any atom is 0.410 e. The fourth-order valence-corrected chi connectivity index (χ4v) is 5.76. The Morgan fingerprint density at radius 2 is 1.79 bits per heavy atom. The quantitative estimate of drug-likeness (QED) is 0.545. The molecule has 7 nitrogen and oxygen atoms in total. The van der Waals surface area contributed by atoms with E-state index in [1.165, 1.54) is 0 Å². The summed E-state index contributed by atoms with van der Waals surface area (Å²) < 4.78 is 13.9. The molecule has 2 unspecified atom stereocenters. The zero-order chi connectivity index (χ0) is 23.1. The van der Waals surface area contributed by atoms with Crippen molar-refractivity contribution in [3.8, 4) is 11.3 Å². The fourth-order valence-electron chi connectivity index (χ4n) is 5.64. The van der Waals surface area contributed by atoms with Gasteiger partial charge in [0, 0.05) is 36.4 Å². The minimum Gasteiger partial charge on any atom is -0.446 e. The number of morpholine rings is 1. The van der Waals surface area contributed by atoms with Gasteiger partial charge in [-0.25, -0.2) is 9.78 Å². The molecule has 3 aliphatic rings. The predicted molar refractivity (Wildman–Crippen MR) is 130 cm³/mol.